The zero-order valence-electron chi connectivity index (χ0n) is 16.1. The fourth-order valence-electron chi connectivity index (χ4n) is 3.81. The van der Waals surface area contributed by atoms with Crippen molar-refractivity contribution in [2.45, 2.75) is 52.0 Å². The Bertz CT molecular complexity index is 832. The molecule has 1 aliphatic heterocycles. The minimum Gasteiger partial charge on any atom is -0.480 e. The van der Waals surface area contributed by atoms with Gasteiger partial charge in [-0.2, -0.15) is 0 Å². The van der Waals surface area contributed by atoms with Gasteiger partial charge >= 0.3 is 5.97 Å². The van der Waals surface area contributed by atoms with E-state index in [0.717, 1.165) is 34.9 Å². The van der Waals surface area contributed by atoms with Crippen LogP contribution in [0.5, 0.6) is 0 Å². The second-order valence-electron chi connectivity index (χ2n) is 7.66. The summed E-state index contributed by atoms with van der Waals surface area (Å²) in [7, 11) is 0. The van der Waals surface area contributed by atoms with Crippen LogP contribution < -0.4 is 5.32 Å². The molecule has 1 amide bonds. The molecule has 6 heteroatoms. The lowest BCUT2D eigenvalue weighted by molar-refractivity contribution is -0.145. The topological polar surface area (TPSA) is 88.8 Å². The van der Waals surface area contributed by atoms with Crippen molar-refractivity contribution in [2.75, 3.05) is 13.2 Å². The molecule has 2 N–H and O–H groups in total. The highest BCUT2D eigenvalue weighted by molar-refractivity contribution is 5.90. The molecule has 1 aromatic carbocycles. The summed E-state index contributed by atoms with van der Waals surface area (Å²) in [4.78, 5) is 24.2. The van der Waals surface area contributed by atoms with Crippen molar-refractivity contribution in [1.82, 2.24) is 5.32 Å². The first kappa shape index (κ1) is 19.4. The third-order valence-corrected chi connectivity index (χ3v) is 5.26. The van der Waals surface area contributed by atoms with Crippen LogP contribution >= 0.6 is 0 Å². The maximum atomic E-state index is 12.5. The molecule has 2 heterocycles. The summed E-state index contributed by atoms with van der Waals surface area (Å²) in [5.74, 6) is -1.17. The number of hydrogen-bond acceptors (Lipinski definition) is 4. The molecule has 1 saturated heterocycles. The number of carboxylic acids is 1. The van der Waals surface area contributed by atoms with Gasteiger partial charge in [0, 0.05) is 23.5 Å². The molecule has 27 heavy (non-hydrogen) atoms. The van der Waals surface area contributed by atoms with E-state index in [2.05, 4.69) is 25.2 Å². The van der Waals surface area contributed by atoms with Gasteiger partial charge in [0.2, 0.25) is 5.91 Å². The van der Waals surface area contributed by atoms with E-state index in [1.54, 1.807) is 6.26 Å². The Morgan fingerprint density at radius 3 is 2.74 bits per heavy atom. The van der Waals surface area contributed by atoms with Gasteiger partial charge in [-0.15, -0.1) is 0 Å². The highest BCUT2D eigenvalue weighted by Crippen LogP contribution is 2.29. The lowest BCUT2D eigenvalue weighted by atomic mass is 9.93. The molecule has 1 fully saturated rings. The molecule has 6 nitrogen and oxygen atoms in total. The number of carbonyl (C=O) groups is 2. The Balaban J connectivity index is 1.76. The van der Waals surface area contributed by atoms with Gasteiger partial charge < -0.3 is 19.6 Å². The van der Waals surface area contributed by atoms with Crippen molar-refractivity contribution in [3.05, 3.63) is 35.1 Å². The van der Waals surface area contributed by atoms with Crippen molar-refractivity contribution >= 4 is 22.8 Å². The lowest BCUT2D eigenvalue weighted by Gasteiger charge is -2.28. The molecule has 2 aromatic rings. The van der Waals surface area contributed by atoms with Crippen molar-refractivity contribution < 1.29 is 23.8 Å². The van der Waals surface area contributed by atoms with Crippen molar-refractivity contribution in [3.8, 4) is 0 Å². The number of amides is 1. The van der Waals surface area contributed by atoms with Crippen LogP contribution in [-0.4, -0.2) is 36.2 Å². The first-order valence-corrected chi connectivity index (χ1v) is 9.47. The summed E-state index contributed by atoms with van der Waals surface area (Å²) in [6.07, 6.45) is 3.23. The van der Waals surface area contributed by atoms with Crippen LogP contribution in [0, 0.1) is 12.8 Å². The van der Waals surface area contributed by atoms with Gasteiger partial charge in [-0.3, -0.25) is 4.79 Å². The summed E-state index contributed by atoms with van der Waals surface area (Å²) in [6, 6.07) is 3.14. The van der Waals surface area contributed by atoms with E-state index in [9.17, 15) is 14.7 Å². The highest BCUT2D eigenvalue weighted by atomic mass is 16.5. The fourth-order valence-corrected chi connectivity index (χ4v) is 3.81. The maximum absolute atomic E-state index is 12.5. The maximum Gasteiger partial charge on any atom is 0.326 e. The van der Waals surface area contributed by atoms with Crippen LogP contribution in [0.1, 0.15) is 49.3 Å². The standard InChI is InChI=1S/C21H27NO5/c1-12(2)16-9-17-15(11-27-18(17)7-13(16)3)8-19(23)22-20(21(24)25)14-5-4-6-26-10-14/h7,9,11-12,14,20H,4-6,8,10H2,1-3H3,(H,22,23)(H,24,25). The molecule has 1 aromatic heterocycles. The van der Waals surface area contributed by atoms with Crippen LogP contribution in [0.15, 0.2) is 22.8 Å². The number of ether oxygens (including phenoxy) is 1. The molecule has 146 valence electrons. The van der Waals surface area contributed by atoms with Crippen molar-refractivity contribution in [3.63, 3.8) is 0 Å². The Kier molecular flexibility index (Phi) is 5.85. The molecule has 0 spiro atoms. The average Bonchev–Trinajstić information content (AvgIpc) is 3.00. The SMILES string of the molecule is Cc1cc2occ(CC(=O)NC(C(=O)O)C3CCCOC3)c2cc1C(C)C. The summed E-state index contributed by atoms with van der Waals surface area (Å²) in [5.41, 5.74) is 3.89. The first-order valence-electron chi connectivity index (χ1n) is 9.47. The van der Waals surface area contributed by atoms with Gasteiger partial charge in [-0.1, -0.05) is 13.8 Å². The molecule has 2 atom stereocenters. The van der Waals surface area contributed by atoms with Crippen LogP contribution in [0.3, 0.4) is 0 Å². The summed E-state index contributed by atoms with van der Waals surface area (Å²) < 4.78 is 11.0. The van der Waals surface area contributed by atoms with Crippen molar-refractivity contribution in [1.29, 1.82) is 0 Å². The van der Waals surface area contributed by atoms with Crippen molar-refractivity contribution in [2.24, 2.45) is 5.92 Å². The molecular weight excluding hydrogens is 346 g/mol. The number of carbonyl (C=O) groups excluding carboxylic acids is 1. The van der Waals surface area contributed by atoms with E-state index in [1.165, 1.54) is 5.56 Å². The number of benzene rings is 1. The smallest absolute Gasteiger partial charge is 0.326 e. The predicted molar refractivity (Wildman–Crippen MR) is 102 cm³/mol. The number of aryl methyl sites for hydroxylation is 1. The number of aliphatic carboxylic acids is 1. The summed E-state index contributed by atoms with van der Waals surface area (Å²) >= 11 is 0. The Morgan fingerprint density at radius 1 is 1.33 bits per heavy atom. The molecule has 1 aliphatic rings. The van der Waals surface area contributed by atoms with E-state index in [4.69, 9.17) is 9.15 Å². The van der Waals surface area contributed by atoms with Crippen LogP contribution in [0.2, 0.25) is 0 Å². The van der Waals surface area contributed by atoms with Gasteiger partial charge in [0.25, 0.3) is 0 Å². The lowest BCUT2D eigenvalue weighted by Crippen LogP contribution is -2.48. The van der Waals surface area contributed by atoms with E-state index in [1.807, 2.05) is 13.0 Å². The molecule has 0 saturated carbocycles. The van der Waals surface area contributed by atoms with Gasteiger partial charge in [0.05, 0.1) is 19.3 Å². The Morgan fingerprint density at radius 2 is 2.11 bits per heavy atom. The molecular formula is C21H27NO5. The molecule has 0 radical (unpaired) electrons. The summed E-state index contributed by atoms with van der Waals surface area (Å²) in [6.45, 7) is 7.32. The van der Waals surface area contributed by atoms with Gasteiger partial charge in [0.1, 0.15) is 11.6 Å². The zero-order valence-corrected chi connectivity index (χ0v) is 16.1. The fraction of sp³-hybridized carbons (Fsp3) is 0.524. The van der Waals surface area contributed by atoms with Crippen LogP contribution in [0.4, 0.5) is 0 Å². The molecule has 0 bridgehead atoms. The van der Waals surface area contributed by atoms with Gasteiger partial charge in [-0.25, -0.2) is 4.79 Å². The Labute approximate surface area is 158 Å². The molecule has 0 aliphatic carbocycles. The largest absolute Gasteiger partial charge is 0.480 e. The van der Waals surface area contributed by atoms with Gasteiger partial charge in [-0.05, 0) is 48.9 Å². The Hall–Kier alpha value is -2.34. The minimum absolute atomic E-state index is 0.0882. The number of rotatable bonds is 6. The predicted octanol–water partition coefficient (Wildman–Crippen LogP) is 3.40. The number of furan rings is 1. The minimum atomic E-state index is -1.02. The second kappa shape index (κ2) is 8.13. The first-order chi connectivity index (χ1) is 12.9. The monoisotopic (exact) mass is 373 g/mol. The quantitative estimate of drug-likeness (QED) is 0.810. The summed E-state index contributed by atoms with van der Waals surface area (Å²) in [5, 5.41) is 13.1. The third kappa shape index (κ3) is 4.33. The number of fused-ring (bicyclic) bond motifs is 1. The van der Waals surface area contributed by atoms with E-state index in [0.29, 0.717) is 19.1 Å². The highest BCUT2D eigenvalue weighted by Gasteiger charge is 2.31. The van der Waals surface area contributed by atoms with E-state index >= 15 is 0 Å². The zero-order chi connectivity index (χ0) is 19.6. The number of carboxylic acid groups (broad SMARTS) is 1. The van der Waals surface area contributed by atoms with Crippen LogP contribution in [0.25, 0.3) is 11.0 Å². The van der Waals surface area contributed by atoms with E-state index < -0.39 is 12.0 Å². The third-order valence-electron chi connectivity index (χ3n) is 5.26. The average molecular weight is 373 g/mol. The van der Waals surface area contributed by atoms with Gasteiger partial charge in [0.15, 0.2) is 0 Å². The number of hydrogen-bond donors (Lipinski definition) is 2. The van der Waals surface area contributed by atoms with Crippen LogP contribution in [-0.2, 0) is 20.7 Å². The normalized spacial score (nSPS) is 18.6. The van der Waals surface area contributed by atoms with E-state index in [-0.39, 0.29) is 18.2 Å². The molecule has 3 rings (SSSR count). The number of nitrogens with one attached hydrogen (secondary N) is 1. The second-order valence-corrected chi connectivity index (χ2v) is 7.66. The molecule has 2 unspecified atom stereocenters.